The van der Waals surface area contributed by atoms with Crippen LogP contribution in [0.5, 0.6) is 17.2 Å². The molecule has 1 heterocycles. The summed E-state index contributed by atoms with van der Waals surface area (Å²) < 4.78 is 16.1. The minimum Gasteiger partial charge on any atom is -0.870 e. The first-order valence-electron chi connectivity index (χ1n) is 9.44. The van der Waals surface area contributed by atoms with Gasteiger partial charge in [-0.2, -0.15) is 0 Å². The fraction of sp³-hybridized carbons (Fsp3) is 0.217. The predicted molar refractivity (Wildman–Crippen MR) is 121 cm³/mol. The number of methoxy groups -OCH3 is 3. The third-order valence-electron chi connectivity index (χ3n) is 4.59. The molecular formula is C23H24LiNO7S. The number of nitrogens with one attached hydrogen (secondary N) is 1. The van der Waals surface area contributed by atoms with Crippen LogP contribution in [0.4, 0.5) is 5.69 Å². The molecule has 3 N–H and O–H groups in total. The Labute approximate surface area is 208 Å². The van der Waals surface area contributed by atoms with E-state index in [9.17, 15) is 9.59 Å². The number of hydrogen-bond donors (Lipinski definition) is 2. The monoisotopic (exact) mass is 465 g/mol. The Morgan fingerprint density at radius 1 is 0.909 bits per heavy atom. The van der Waals surface area contributed by atoms with E-state index in [4.69, 9.17) is 19.3 Å². The topological polar surface area (TPSA) is 124 Å². The Morgan fingerprint density at radius 2 is 1.61 bits per heavy atom. The van der Waals surface area contributed by atoms with Crippen LogP contribution < -0.4 is 38.4 Å². The molecule has 0 radical (unpaired) electrons. The molecule has 0 spiro atoms. The second kappa shape index (κ2) is 12.9. The number of rotatable bonds is 9. The maximum absolute atomic E-state index is 12.8. The Balaban J connectivity index is 0.00000272. The quantitative estimate of drug-likeness (QED) is 0.453. The maximum Gasteiger partial charge on any atom is 1.00 e. The number of carbonyl (C=O) groups is 2. The van der Waals surface area contributed by atoms with Crippen LogP contribution in [0.15, 0.2) is 48.5 Å². The van der Waals surface area contributed by atoms with Gasteiger partial charge in [0.15, 0.2) is 11.5 Å². The van der Waals surface area contributed by atoms with Gasteiger partial charge in [-0.1, -0.05) is 24.3 Å². The Bertz CT molecular complexity index is 1100. The molecule has 2 aromatic carbocycles. The number of carboxylic acids is 1. The second-order valence-electron chi connectivity index (χ2n) is 6.60. The predicted octanol–water partition coefficient (Wildman–Crippen LogP) is 1.08. The fourth-order valence-corrected chi connectivity index (χ4v) is 4.28. The number of anilines is 1. The van der Waals surface area contributed by atoms with Crippen LogP contribution in [0.25, 0.3) is 10.4 Å². The first kappa shape index (κ1) is 28.1. The van der Waals surface area contributed by atoms with E-state index in [2.05, 4.69) is 5.32 Å². The van der Waals surface area contributed by atoms with Crippen LogP contribution in [-0.4, -0.2) is 43.8 Å². The molecule has 0 aliphatic rings. The smallest absolute Gasteiger partial charge is 0.870 e. The maximum atomic E-state index is 12.8. The van der Waals surface area contributed by atoms with Gasteiger partial charge in [0.05, 0.1) is 34.2 Å². The zero-order valence-electron chi connectivity index (χ0n) is 18.9. The van der Waals surface area contributed by atoms with Crippen LogP contribution in [-0.2, 0) is 22.4 Å². The zero-order chi connectivity index (χ0) is 22.4. The number of para-hydroxylation sites is 1. The number of carboxylic acid groups (broad SMARTS) is 1. The van der Waals surface area contributed by atoms with Crippen molar-refractivity contribution in [3.63, 3.8) is 0 Å². The summed E-state index contributed by atoms with van der Waals surface area (Å²) in [6.07, 6.45) is 0.0465. The molecule has 0 aliphatic carbocycles. The van der Waals surface area contributed by atoms with E-state index >= 15 is 0 Å². The molecule has 0 unspecified atom stereocenters. The third kappa shape index (κ3) is 6.76. The Kier molecular flexibility index (Phi) is 11.0. The third-order valence-corrected chi connectivity index (χ3v) is 5.71. The largest absolute Gasteiger partial charge is 1.00 e. The van der Waals surface area contributed by atoms with Crippen molar-refractivity contribution in [2.24, 2.45) is 0 Å². The summed E-state index contributed by atoms with van der Waals surface area (Å²) in [5, 5.41) is 11.9. The van der Waals surface area contributed by atoms with Gasteiger partial charge in [0.2, 0.25) is 11.7 Å². The molecule has 0 atom stereocenters. The van der Waals surface area contributed by atoms with Gasteiger partial charge in [-0.15, -0.1) is 11.3 Å². The normalized spacial score (nSPS) is 9.79. The van der Waals surface area contributed by atoms with Gasteiger partial charge in [0.25, 0.3) is 0 Å². The molecule has 3 aromatic rings. The van der Waals surface area contributed by atoms with Crippen LogP contribution in [0.2, 0.25) is 0 Å². The molecule has 0 fully saturated rings. The van der Waals surface area contributed by atoms with Gasteiger partial charge in [-0.25, -0.2) is 0 Å². The van der Waals surface area contributed by atoms with Gasteiger partial charge >= 0.3 is 24.8 Å². The minimum absolute atomic E-state index is 0. The minimum atomic E-state index is -0.876. The van der Waals surface area contributed by atoms with E-state index < -0.39 is 5.97 Å². The first-order valence-corrected chi connectivity index (χ1v) is 10.3. The standard InChI is InChI=1S/C23H23NO6S.Li.H2O/c1-28-18-10-8-14(22(29-2)23(18)30-3)12-20(25)24-17-7-5-4-6-16(17)19-11-9-15(31-19)13-21(26)27;;/h4-11H,12-13H2,1-3H3,(H,24,25)(H,26,27);;1H2/q;+1;/p-1. The first-order chi connectivity index (χ1) is 15.0. The van der Waals surface area contributed by atoms with Crippen LogP contribution in [0.3, 0.4) is 0 Å². The van der Waals surface area contributed by atoms with Crippen molar-refractivity contribution in [2.45, 2.75) is 12.8 Å². The van der Waals surface area contributed by atoms with Crippen molar-refractivity contribution in [3.05, 3.63) is 59.0 Å². The summed E-state index contributed by atoms with van der Waals surface area (Å²) in [6, 6.07) is 14.6. The van der Waals surface area contributed by atoms with Crippen molar-refractivity contribution in [1.82, 2.24) is 0 Å². The number of hydrogen-bond acceptors (Lipinski definition) is 7. The zero-order valence-corrected chi connectivity index (χ0v) is 19.7. The molecule has 10 heteroatoms. The number of amides is 1. The summed E-state index contributed by atoms with van der Waals surface area (Å²) in [4.78, 5) is 25.4. The molecule has 3 rings (SSSR count). The van der Waals surface area contributed by atoms with Gasteiger partial charge < -0.3 is 30.1 Å². The number of carbonyl (C=O) groups excluding carboxylic acids is 1. The number of ether oxygens (including phenoxy) is 3. The molecule has 0 aliphatic heterocycles. The van der Waals surface area contributed by atoms with Crippen LogP contribution in [0.1, 0.15) is 10.4 Å². The summed E-state index contributed by atoms with van der Waals surface area (Å²) >= 11 is 1.39. The molecule has 8 nitrogen and oxygen atoms in total. The van der Waals surface area contributed by atoms with Crippen molar-refractivity contribution < 1.29 is 53.2 Å². The van der Waals surface area contributed by atoms with Gasteiger partial charge in [0.1, 0.15) is 0 Å². The van der Waals surface area contributed by atoms with Gasteiger partial charge in [0, 0.05) is 26.6 Å². The number of benzene rings is 2. The summed E-state index contributed by atoms with van der Waals surface area (Å²) in [5.74, 6) is 0.296. The van der Waals surface area contributed by atoms with E-state index in [1.54, 1.807) is 18.2 Å². The van der Waals surface area contributed by atoms with Crippen molar-refractivity contribution in [3.8, 4) is 27.7 Å². The molecular weight excluding hydrogens is 441 g/mol. The summed E-state index contributed by atoms with van der Waals surface area (Å²) in [5.41, 5.74) is 2.14. The Morgan fingerprint density at radius 3 is 2.24 bits per heavy atom. The molecule has 1 aromatic heterocycles. The van der Waals surface area contributed by atoms with Crippen molar-refractivity contribution in [1.29, 1.82) is 0 Å². The van der Waals surface area contributed by atoms with Gasteiger partial charge in [-0.05, 0) is 24.3 Å². The molecule has 0 saturated heterocycles. The SMILES string of the molecule is COc1ccc(CC(=O)Nc2ccccc2-c2ccc(CC(=O)O)s2)c(OC)c1OC.[Li+].[OH-]. The summed E-state index contributed by atoms with van der Waals surface area (Å²) in [6.45, 7) is 0. The number of thiophene rings is 1. The number of aliphatic carboxylic acids is 1. The fourth-order valence-electron chi connectivity index (χ4n) is 3.24. The molecule has 170 valence electrons. The molecule has 33 heavy (non-hydrogen) atoms. The van der Waals surface area contributed by atoms with Crippen molar-refractivity contribution in [2.75, 3.05) is 26.6 Å². The molecule has 0 bridgehead atoms. The average Bonchev–Trinajstić information content (AvgIpc) is 3.21. The van der Waals surface area contributed by atoms with Crippen molar-refractivity contribution >= 4 is 28.9 Å². The van der Waals surface area contributed by atoms with Crippen LogP contribution in [0, 0.1) is 0 Å². The van der Waals surface area contributed by atoms with E-state index in [1.807, 2.05) is 30.3 Å². The van der Waals surface area contributed by atoms with E-state index in [0.29, 0.717) is 28.5 Å². The Hall–Kier alpha value is -2.96. The second-order valence-corrected chi connectivity index (χ2v) is 7.77. The average molecular weight is 465 g/mol. The van der Waals surface area contributed by atoms with Crippen LogP contribution >= 0.6 is 11.3 Å². The van der Waals surface area contributed by atoms with E-state index in [1.165, 1.54) is 32.7 Å². The van der Waals surface area contributed by atoms with E-state index in [-0.39, 0.29) is 43.1 Å². The summed E-state index contributed by atoms with van der Waals surface area (Å²) in [7, 11) is 4.56. The molecule has 0 saturated carbocycles. The molecule has 1 amide bonds. The van der Waals surface area contributed by atoms with Gasteiger partial charge in [-0.3, -0.25) is 9.59 Å². The van der Waals surface area contributed by atoms with E-state index in [0.717, 1.165) is 15.3 Å².